The average molecular weight is 326 g/mol. The van der Waals surface area contributed by atoms with E-state index in [0.29, 0.717) is 11.8 Å². The number of nitrogens with zero attached hydrogens (tertiary/aromatic N) is 2. The molecule has 126 valence electrons. The summed E-state index contributed by atoms with van der Waals surface area (Å²) in [5.41, 5.74) is 2.57. The molecule has 2 aliphatic rings. The van der Waals surface area contributed by atoms with Crippen LogP contribution in [0.5, 0.6) is 0 Å². The third-order valence-electron chi connectivity index (χ3n) is 4.75. The van der Waals surface area contributed by atoms with Crippen molar-refractivity contribution in [1.82, 2.24) is 20.8 Å². The number of benzene rings is 1. The van der Waals surface area contributed by atoms with Crippen molar-refractivity contribution in [3.8, 4) is 0 Å². The zero-order chi connectivity index (χ0) is 16.4. The number of amides is 2. The van der Waals surface area contributed by atoms with E-state index in [0.717, 1.165) is 37.9 Å². The molecule has 2 N–H and O–H groups in total. The van der Waals surface area contributed by atoms with Gasteiger partial charge in [-0.3, -0.25) is 0 Å². The van der Waals surface area contributed by atoms with Crippen molar-refractivity contribution >= 4 is 6.03 Å². The highest BCUT2D eigenvalue weighted by Gasteiger charge is 2.28. The minimum Gasteiger partial charge on any atom is -0.337 e. The Kier molecular flexibility index (Phi) is 4.19. The van der Waals surface area contributed by atoms with Gasteiger partial charge in [-0.1, -0.05) is 35.8 Å². The maximum atomic E-state index is 12.2. The van der Waals surface area contributed by atoms with Gasteiger partial charge in [0, 0.05) is 5.92 Å². The SMILES string of the molecule is O=C(NCc1nc(C2CC2)no1)N[C@@H]1CCCCc2ccccc21. The van der Waals surface area contributed by atoms with Crippen LogP contribution in [-0.4, -0.2) is 16.2 Å². The van der Waals surface area contributed by atoms with Gasteiger partial charge in [0.25, 0.3) is 0 Å². The highest BCUT2D eigenvalue weighted by molar-refractivity contribution is 5.74. The molecule has 0 spiro atoms. The maximum absolute atomic E-state index is 12.2. The second kappa shape index (κ2) is 6.63. The fraction of sp³-hybridized carbons (Fsp3) is 0.500. The summed E-state index contributed by atoms with van der Waals surface area (Å²) in [5, 5.41) is 9.87. The number of carbonyl (C=O) groups excluding carboxylic acids is 1. The molecule has 0 bridgehead atoms. The highest BCUT2D eigenvalue weighted by Crippen LogP contribution is 2.38. The first-order valence-corrected chi connectivity index (χ1v) is 8.74. The van der Waals surface area contributed by atoms with Crippen LogP contribution >= 0.6 is 0 Å². The quantitative estimate of drug-likeness (QED) is 0.846. The number of aryl methyl sites for hydroxylation is 1. The normalized spacial score (nSPS) is 20.1. The summed E-state index contributed by atoms with van der Waals surface area (Å²) in [7, 11) is 0. The van der Waals surface area contributed by atoms with E-state index in [2.05, 4.69) is 39.0 Å². The smallest absolute Gasteiger partial charge is 0.315 e. The summed E-state index contributed by atoms with van der Waals surface area (Å²) < 4.78 is 5.18. The monoisotopic (exact) mass is 326 g/mol. The number of hydrogen-bond acceptors (Lipinski definition) is 4. The molecule has 24 heavy (non-hydrogen) atoms. The van der Waals surface area contributed by atoms with Crippen molar-refractivity contribution in [3.05, 3.63) is 47.1 Å². The molecule has 0 aliphatic heterocycles. The predicted octanol–water partition coefficient (Wildman–Crippen LogP) is 3.21. The Morgan fingerprint density at radius 1 is 1.21 bits per heavy atom. The first kappa shape index (κ1) is 15.2. The fourth-order valence-corrected chi connectivity index (χ4v) is 3.28. The zero-order valence-electron chi connectivity index (χ0n) is 13.6. The van der Waals surface area contributed by atoms with Crippen LogP contribution in [0.4, 0.5) is 4.79 Å². The van der Waals surface area contributed by atoms with Gasteiger partial charge in [0.15, 0.2) is 5.82 Å². The summed E-state index contributed by atoms with van der Waals surface area (Å²) in [5.74, 6) is 1.69. The van der Waals surface area contributed by atoms with Crippen molar-refractivity contribution in [2.45, 2.75) is 57.0 Å². The van der Waals surface area contributed by atoms with Gasteiger partial charge < -0.3 is 15.2 Å². The van der Waals surface area contributed by atoms with Crippen molar-refractivity contribution in [3.63, 3.8) is 0 Å². The first-order chi connectivity index (χ1) is 11.8. The van der Waals surface area contributed by atoms with E-state index in [1.54, 1.807) is 0 Å². The first-order valence-electron chi connectivity index (χ1n) is 8.74. The highest BCUT2D eigenvalue weighted by atomic mass is 16.5. The number of aromatic nitrogens is 2. The number of urea groups is 1. The third kappa shape index (κ3) is 3.42. The van der Waals surface area contributed by atoms with Gasteiger partial charge in [-0.15, -0.1) is 0 Å². The molecule has 2 aromatic rings. The largest absolute Gasteiger partial charge is 0.337 e. The van der Waals surface area contributed by atoms with Gasteiger partial charge in [-0.25, -0.2) is 4.79 Å². The van der Waals surface area contributed by atoms with Gasteiger partial charge in [-0.05, 0) is 43.2 Å². The molecule has 2 amide bonds. The number of fused-ring (bicyclic) bond motifs is 1. The molecular formula is C18H22N4O2. The Morgan fingerprint density at radius 2 is 2.08 bits per heavy atom. The molecule has 1 fully saturated rings. The van der Waals surface area contributed by atoms with Crippen LogP contribution in [0.15, 0.2) is 28.8 Å². The molecular weight excluding hydrogens is 304 g/mol. The lowest BCUT2D eigenvalue weighted by Crippen LogP contribution is -2.37. The summed E-state index contributed by atoms with van der Waals surface area (Å²) in [6.45, 7) is 0.264. The lowest BCUT2D eigenvalue weighted by molar-refractivity contribution is 0.234. The predicted molar refractivity (Wildman–Crippen MR) is 88.4 cm³/mol. The van der Waals surface area contributed by atoms with Crippen molar-refractivity contribution in [2.75, 3.05) is 0 Å². The van der Waals surface area contributed by atoms with E-state index in [1.165, 1.54) is 17.5 Å². The molecule has 1 saturated carbocycles. The molecule has 6 heteroatoms. The maximum Gasteiger partial charge on any atom is 0.315 e. The van der Waals surface area contributed by atoms with Gasteiger partial charge in [0.05, 0.1) is 12.6 Å². The molecule has 1 heterocycles. The van der Waals surface area contributed by atoms with Crippen LogP contribution in [-0.2, 0) is 13.0 Å². The van der Waals surface area contributed by atoms with E-state index in [1.807, 2.05) is 6.07 Å². The van der Waals surface area contributed by atoms with Gasteiger partial charge in [-0.2, -0.15) is 4.98 Å². The van der Waals surface area contributed by atoms with Crippen molar-refractivity contribution in [2.24, 2.45) is 0 Å². The molecule has 4 rings (SSSR count). The van der Waals surface area contributed by atoms with Crippen LogP contribution in [0, 0.1) is 0 Å². The number of hydrogen-bond donors (Lipinski definition) is 2. The number of nitrogens with one attached hydrogen (secondary N) is 2. The van der Waals surface area contributed by atoms with E-state index in [9.17, 15) is 4.79 Å². The van der Waals surface area contributed by atoms with Crippen molar-refractivity contribution in [1.29, 1.82) is 0 Å². The summed E-state index contributed by atoms with van der Waals surface area (Å²) in [6, 6.07) is 8.25. The van der Waals surface area contributed by atoms with Crippen LogP contribution in [0.25, 0.3) is 0 Å². The fourth-order valence-electron chi connectivity index (χ4n) is 3.28. The van der Waals surface area contributed by atoms with Crippen LogP contribution in [0.3, 0.4) is 0 Å². The average Bonchev–Trinajstić information content (AvgIpc) is 3.37. The van der Waals surface area contributed by atoms with Gasteiger partial charge in [0.2, 0.25) is 5.89 Å². The molecule has 0 unspecified atom stereocenters. The molecule has 2 aliphatic carbocycles. The van der Waals surface area contributed by atoms with Crippen LogP contribution < -0.4 is 10.6 Å². The van der Waals surface area contributed by atoms with E-state index in [4.69, 9.17) is 4.52 Å². The Morgan fingerprint density at radius 3 is 2.96 bits per heavy atom. The minimum absolute atomic E-state index is 0.0633. The number of rotatable bonds is 4. The minimum atomic E-state index is -0.192. The lowest BCUT2D eigenvalue weighted by Gasteiger charge is -2.19. The second-order valence-corrected chi connectivity index (χ2v) is 6.64. The molecule has 1 aromatic heterocycles. The standard InChI is InChI=1S/C18H22N4O2/c23-18(19-11-16-21-17(22-24-16)13-9-10-13)20-15-8-4-2-6-12-5-1-3-7-14(12)15/h1,3,5,7,13,15H,2,4,6,8-11H2,(H2,19,20,23)/t15-/m1/s1. The molecule has 0 radical (unpaired) electrons. The Bertz CT molecular complexity index is 723. The second-order valence-electron chi connectivity index (χ2n) is 6.64. The zero-order valence-corrected chi connectivity index (χ0v) is 13.6. The van der Waals surface area contributed by atoms with E-state index in [-0.39, 0.29) is 18.6 Å². The summed E-state index contributed by atoms with van der Waals surface area (Å²) in [4.78, 5) is 16.6. The number of carbonyl (C=O) groups is 1. The Labute approximate surface area is 141 Å². The van der Waals surface area contributed by atoms with Crippen LogP contribution in [0.1, 0.15) is 66.9 Å². The molecule has 0 saturated heterocycles. The molecule has 6 nitrogen and oxygen atoms in total. The Balaban J connectivity index is 1.35. The van der Waals surface area contributed by atoms with Gasteiger partial charge in [0.1, 0.15) is 0 Å². The molecule has 1 atom stereocenters. The lowest BCUT2D eigenvalue weighted by atomic mass is 9.99. The Hall–Kier alpha value is -2.37. The van der Waals surface area contributed by atoms with Gasteiger partial charge >= 0.3 is 6.03 Å². The van der Waals surface area contributed by atoms with Crippen molar-refractivity contribution < 1.29 is 9.32 Å². The van der Waals surface area contributed by atoms with E-state index < -0.39 is 0 Å². The van der Waals surface area contributed by atoms with E-state index >= 15 is 0 Å². The van der Waals surface area contributed by atoms with Crippen LogP contribution in [0.2, 0.25) is 0 Å². The summed E-state index contributed by atoms with van der Waals surface area (Å²) >= 11 is 0. The molecule has 1 aromatic carbocycles. The third-order valence-corrected chi connectivity index (χ3v) is 4.75. The topological polar surface area (TPSA) is 80.1 Å². The summed E-state index contributed by atoms with van der Waals surface area (Å²) in [6.07, 6.45) is 6.61.